The first kappa shape index (κ1) is 17.7. The van der Waals surface area contributed by atoms with Crippen LogP contribution in [0.4, 0.5) is 0 Å². The molecule has 1 rings (SSSR count). The van der Waals surface area contributed by atoms with Crippen LogP contribution in [0.25, 0.3) is 0 Å². The summed E-state index contributed by atoms with van der Waals surface area (Å²) in [5.41, 5.74) is 1.15. The summed E-state index contributed by atoms with van der Waals surface area (Å²) >= 11 is 0. The standard InChI is InChI=1S/C15H21NO4S/c1-12(2)16(8-10-18)21(19,20)15-11-14(5-4-9-17)7-6-13(15)3/h6-7,11-12,17-18H,8-10H2,1-3H3. The van der Waals surface area contributed by atoms with Crippen LogP contribution in [-0.4, -0.2) is 48.7 Å². The van der Waals surface area contributed by atoms with E-state index in [0.29, 0.717) is 11.1 Å². The molecule has 0 aliphatic heterocycles. The van der Waals surface area contributed by atoms with Gasteiger partial charge in [0, 0.05) is 18.2 Å². The van der Waals surface area contributed by atoms with E-state index in [9.17, 15) is 8.42 Å². The van der Waals surface area contributed by atoms with Gasteiger partial charge in [0.05, 0.1) is 11.5 Å². The zero-order valence-corrected chi connectivity index (χ0v) is 13.3. The molecule has 2 N–H and O–H groups in total. The van der Waals surface area contributed by atoms with Crippen LogP contribution in [0.15, 0.2) is 23.1 Å². The van der Waals surface area contributed by atoms with Gasteiger partial charge in [0.1, 0.15) is 6.61 Å². The molecule has 116 valence electrons. The first-order valence-electron chi connectivity index (χ1n) is 6.67. The molecule has 1 aromatic rings. The normalized spacial score (nSPS) is 11.6. The van der Waals surface area contributed by atoms with Crippen LogP contribution >= 0.6 is 0 Å². The van der Waals surface area contributed by atoms with Crippen molar-refractivity contribution in [3.63, 3.8) is 0 Å². The molecule has 0 aromatic heterocycles. The van der Waals surface area contributed by atoms with Crippen LogP contribution in [-0.2, 0) is 10.0 Å². The van der Waals surface area contributed by atoms with Gasteiger partial charge >= 0.3 is 0 Å². The van der Waals surface area contributed by atoms with Crippen molar-refractivity contribution in [1.29, 1.82) is 0 Å². The van der Waals surface area contributed by atoms with Gasteiger partial charge in [-0.1, -0.05) is 17.9 Å². The zero-order chi connectivity index (χ0) is 16.0. The summed E-state index contributed by atoms with van der Waals surface area (Å²) < 4.78 is 26.7. The molecule has 21 heavy (non-hydrogen) atoms. The zero-order valence-electron chi connectivity index (χ0n) is 12.5. The molecule has 0 unspecified atom stereocenters. The third-order valence-corrected chi connectivity index (χ3v) is 5.20. The molecule has 6 heteroatoms. The molecule has 0 aliphatic carbocycles. The van der Waals surface area contributed by atoms with Crippen molar-refractivity contribution in [2.24, 2.45) is 0 Å². The minimum absolute atomic E-state index is 0.0476. The number of aryl methyl sites for hydroxylation is 1. The predicted molar refractivity (Wildman–Crippen MR) is 81.3 cm³/mol. The van der Waals surface area contributed by atoms with Crippen molar-refractivity contribution in [2.75, 3.05) is 19.8 Å². The van der Waals surface area contributed by atoms with Crippen molar-refractivity contribution in [3.05, 3.63) is 29.3 Å². The smallest absolute Gasteiger partial charge is 0.243 e. The van der Waals surface area contributed by atoms with Gasteiger partial charge in [-0.2, -0.15) is 4.31 Å². The van der Waals surface area contributed by atoms with E-state index in [-0.39, 0.29) is 30.7 Å². The average Bonchev–Trinajstić information content (AvgIpc) is 2.43. The van der Waals surface area contributed by atoms with E-state index in [2.05, 4.69) is 11.8 Å². The largest absolute Gasteiger partial charge is 0.395 e. The van der Waals surface area contributed by atoms with Crippen molar-refractivity contribution >= 4 is 10.0 Å². The van der Waals surface area contributed by atoms with Gasteiger partial charge in [-0.3, -0.25) is 0 Å². The van der Waals surface area contributed by atoms with E-state index in [4.69, 9.17) is 10.2 Å². The molecular weight excluding hydrogens is 290 g/mol. The monoisotopic (exact) mass is 311 g/mol. The van der Waals surface area contributed by atoms with Gasteiger partial charge in [0.25, 0.3) is 0 Å². The summed E-state index contributed by atoms with van der Waals surface area (Å²) in [6.07, 6.45) is 0. The molecule has 0 bridgehead atoms. The summed E-state index contributed by atoms with van der Waals surface area (Å²) in [5.74, 6) is 5.20. The number of aliphatic hydroxyl groups excluding tert-OH is 2. The van der Waals surface area contributed by atoms with E-state index in [0.717, 1.165) is 0 Å². The Bertz CT molecular complexity index is 641. The molecule has 0 atom stereocenters. The Hall–Kier alpha value is -1.39. The van der Waals surface area contributed by atoms with Gasteiger partial charge in [-0.15, -0.1) is 0 Å². The molecule has 0 amide bonds. The third-order valence-electron chi connectivity index (χ3n) is 2.98. The van der Waals surface area contributed by atoms with Gasteiger partial charge in [0.15, 0.2) is 0 Å². The van der Waals surface area contributed by atoms with Crippen molar-refractivity contribution < 1.29 is 18.6 Å². The van der Waals surface area contributed by atoms with E-state index >= 15 is 0 Å². The minimum Gasteiger partial charge on any atom is -0.395 e. The van der Waals surface area contributed by atoms with Crippen LogP contribution in [0.1, 0.15) is 25.0 Å². The lowest BCUT2D eigenvalue weighted by molar-refractivity contribution is 0.236. The number of rotatable bonds is 5. The van der Waals surface area contributed by atoms with Crippen LogP contribution in [0.5, 0.6) is 0 Å². The molecule has 0 saturated heterocycles. The van der Waals surface area contributed by atoms with E-state index < -0.39 is 10.0 Å². The fourth-order valence-electron chi connectivity index (χ4n) is 1.98. The SMILES string of the molecule is Cc1ccc(C#CCO)cc1S(=O)(=O)N(CCO)C(C)C. The molecule has 5 nitrogen and oxygen atoms in total. The van der Waals surface area contributed by atoms with Crippen LogP contribution < -0.4 is 0 Å². The fourth-order valence-corrected chi connectivity index (χ4v) is 3.86. The molecule has 1 aromatic carbocycles. The lowest BCUT2D eigenvalue weighted by Gasteiger charge is -2.26. The topological polar surface area (TPSA) is 77.8 Å². The highest BCUT2D eigenvalue weighted by molar-refractivity contribution is 7.89. The molecule has 0 heterocycles. The van der Waals surface area contributed by atoms with E-state index in [1.807, 2.05) is 0 Å². The highest BCUT2D eigenvalue weighted by Gasteiger charge is 2.28. The second-order valence-electron chi connectivity index (χ2n) is 4.87. The second kappa shape index (κ2) is 7.57. The molecule has 0 spiro atoms. The fraction of sp³-hybridized carbons (Fsp3) is 0.467. The van der Waals surface area contributed by atoms with E-state index in [1.54, 1.807) is 32.9 Å². The number of hydrogen-bond donors (Lipinski definition) is 2. The Kier molecular flexibility index (Phi) is 6.37. The number of nitrogens with zero attached hydrogens (tertiary/aromatic N) is 1. The Morgan fingerprint density at radius 1 is 1.29 bits per heavy atom. The Morgan fingerprint density at radius 2 is 1.95 bits per heavy atom. The summed E-state index contributed by atoms with van der Waals surface area (Å²) in [5, 5.41) is 17.8. The van der Waals surface area contributed by atoms with Gasteiger partial charge in [-0.25, -0.2) is 8.42 Å². The third kappa shape index (κ3) is 4.29. The Balaban J connectivity index is 3.35. The number of benzene rings is 1. The molecule has 0 radical (unpaired) electrons. The van der Waals surface area contributed by atoms with Crippen molar-refractivity contribution in [2.45, 2.75) is 31.7 Å². The van der Waals surface area contributed by atoms with Crippen molar-refractivity contribution in [3.8, 4) is 11.8 Å². The maximum atomic E-state index is 12.7. The highest BCUT2D eigenvalue weighted by Crippen LogP contribution is 2.22. The predicted octanol–water partition coefficient (Wildman–Crippen LogP) is 0.730. The summed E-state index contributed by atoms with van der Waals surface area (Å²) in [6.45, 7) is 4.77. The van der Waals surface area contributed by atoms with Crippen LogP contribution in [0.3, 0.4) is 0 Å². The second-order valence-corrected chi connectivity index (χ2v) is 6.73. The number of aliphatic hydroxyl groups is 2. The quantitative estimate of drug-likeness (QED) is 0.786. The Morgan fingerprint density at radius 3 is 2.48 bits per heavy atom. The minimum atomic E-state index is -3.70. The molecule has 0 aliphatic rings. The number of hydrogen-bond acceptors (Lipinski definition) is 4. The first-order valence-corrected chi connectivity index (χ1v) is 8.11. The average molecular weight is 311 g/mol. The molecular formula is C15H21NO4S. The number of sulfonamides is 1. The maximum absolute atomic E-state index is 12.7. The van der Waals surface area contributed by atoms with Gasteiger partial charge in [0.2, 0.25) is 10.0 Å². The van der Waals surface area contributed by atoms with E-state index in [1.165, 1.54) is 10.4 Å². The first-order chi connectivity index (χ1) is 9.84. The molecule has 0 saturated carbocycles. The molecule has 0 fully saturated rings. The summed E-state index contributed by atoms with van der Waals surface area (Å²) in [7, 11) is -3.70. The van der Waals surface area contributed by atoms with Crippen molar-refractivity contribution in [1.82, 2.24) is 4.31 Å². The maximum Gasteiger partial charge on any atom is 0.243 e. The lowest BCUT2D eigenvalue weighted by Crippen LogP contribution is -2.39. The lowest BCUT2D eigenvalue weighted by atomic mass is 10.1. The van der Waals surface area contributed by atoms with Gasteiger partial charge in [-0.05, 0) is 38.5 Å². The van der Waals surface area contributed by atoms with Gasteiger partial charge < -0.3 is 10.2 Å². The van der Waals surface area contributed by atoms with Crippen LogP contribution in [0.2, 0.25) is 0 Å². The highest BCUT2D eigenvalue weighted by atomic mass is 32.2. The Labute approximate surface area is 126 Å². The van der Waals surface area contributed by atoms with Crippen LogP contribution in [0, 0.1) is 18.8 Å². The summed E-state index contributed by atoms with van der Waals surface area (Å²) in [6, 6.07) is 4.64. The summed E-state index contributed by atoms with van der Waals surface area (Å²) in [4.78, 5) is 0.175.